The molecule has 0 radical (unpaired) electrons. The van der Waals surface area contributed by atoms with Gasteiger partial charge in [-0.05, 0) is 80.1 Å². The van der Waals surface area contributed by atoms with E-state index in [2.05, 4.69) is 76.4 Å². The van der Waals surface area contributed by atoms with Crippen molar-refractivity contribution in [1.82, 2.24) is 0 Å². The lowest BCUT2D eigenvalue weighted by Gasteiger charge is -2.17. The molecule has 0 atom stereocenters. The molecule has 3 nitrogen and oxygen atoms in total. The third kappa shape index (κ3) is 2.99. The average molecular weight is 544 g/mol. The predicted molar refractivity (Wildman–Crippen MR) is 113 cm³/mol. The molecule has 1 N–H and O–H groups in total. The van der Waals surface area contributed by atoms with Gasteiger partial charge in [0.15, 0.2) is 0 Å². The average Bonchev–Trinajstić information content (AvgIpc) is 2.54. The molecular weight excluding hydrogens is 530 g/mol. The van der Waals surface area contributed by atoms with Gasteiger partial charge in [0.25, 0.3) is 0 Å². The van der Waals surface area contributed by atoms with Crippen LogP contribution in [0.5, 0.6) is 5.75 Å². The number of carbonyl (C=O) groups is 1. The monoisotopic (exact) mass is 544 g/mol. The Morgan fingerprint density at radius 3 is 2.50 bits per heavy atom. The van der Waals surface area contributed by atoms with E-state index >= 15 is 0 Å². The first-order valence-electron chi connectivity index (χ1n) is 7.23. The molecule has 0 amide bonds. The maximum Gasteiger partial charge on any atom is 0.339 e. The molecule has 3 rings (SSSR count). The summed E-state index contributed by atoms with van der Waals surface area (Å²) in [5, 5.41) is 11.7. The van der Waals surface area contributed by atoms with Crippen LogP contribution in [0.1, 0.15) is 15.9 Å². The number of rotatable bonds is 3. The Bertz CT molecular complexity index is 964. The topological polar surface area (TPSA) is 46.5 Å². The van der Waals surface area contributed by atoms with Crippen LogP contribution in [0.4, 0.5) is 0 Å². The van der Waals surface area contributed by atoms with E-state index in [-0.39, 0.29) is 5.56 Å². The minimum atomic E-state index is -0.983. The van der Waals surface area contributed by atoms with Gasteiger partial charge in [0.05, 0.1) is 10.7 Å². The maximum atomic E-state index is 11.5. The van der Waals surface area contributed by atoms with Crippen molar-refractivity contribution in [3.8, 4) is 16.9 Å². The fourth-order valence-corrected chi connectivity index (χ4v) is 5.35. The number of benzene rings is 3. The lowest BCUT2D eigenvalue weighted by molar-refractivity contribution is 0.0693. The molecule has 0 saturated carbocycles. The first kappa shape index (κ1) is 17.5. The van der Waals surface area contributed by atoms with Gasteiger partial charge in [-0.1, -0.05) is 36.4 Å². The normalized spacial score (nSPS) is 10.8. The molecule has 0 fully saturated rings. The van der Waals surface area contributed by atoms with Crippen molar-refractivity contribution >= 4 is 61.9 Å². The van der Waals surface area contributed by atoms with Gasteiger partial charge in [0.1, 0.15) is 11.3 Å². The molecule has 3 aromatic carbocycles. The minimum absolute atomic E-state index is 0.187. The summed E-state index contributed by atoms with van der Waals surface area (Å²) in [6.45, 7) is 2.07. The second kappa shape index (κ2) is 6.87. The molecular formula is C19H14I2O3. The van der Waals surface area contributed by atoms with Crippen molar-refractivity contribution in [2.75, 3.05) is 7.11 Å². The summed E-state index contributed by atoms with van der Waals surface area (Å²) in [6, 6.07) is 14.2. The van der Waals surface area contributed by atoms with Crippen LogP contribution in [-0.4, -0.2) is 18.2 Å². The van der Waals surface area contributed by atoms with Gasteiger partial charge in [-0.15, -0.1) is 0 Å². The number of ether oxygens (including phenoxy) is 1. The van der Waals surface area contributed by atoms with E-state index in [9.17, 15) is 9.90 Å². The molecule has 0 aliphatic rings. The first-order valence-corrected chi connectivity index (χ1v) is 9.38. The lowest BCUT2D eigenvalue weighted by Crippen LogP contribution is -2.05. The van der Waals surface area contributed by atoms with E-state index < -0.39 is 5.97 Å². The van der Waals surface area contributed by atoms with Crippen molar-refractivity contribution in [3.63, 3.8) is 0 Å². The lowest BCUT2D eigenvalue weighted by atomic mass is 9.95. The van der Waals surface area contributed by atoms with Crippen molar-refractivity contribution in [2.24, 2.45) is 0 Å². The highest BCUT2D eigenvalue weighted by Gasteiger charge is 2.22. The van der Waals surface area contributed by atoms with Crippen LogP contribution < -0.4 is 4.74 Å². The van der Waals surface area contributed by atoms with E-state index in [1.54, 1.807) is 6.07 Å². The van der Waals surface area contributed by atoms with Gasteiger partial charge in [0, 0.05) is 9.13 Å². The quantitative estimate of drug-likeness (QED) is 0.429. The van der Waals surface area contributed by atoms with Gasteiger partial charge in [0.2, 0.25) is 0 Å². The standard InChI is InChI=1S/C19H14I2O3/c1-10-7-11-5-3-4-6-12(11)13(8-10)16-15(20)9-14(19(22)23)18(24-2)17(16)21/h3-9H,1-2H3,(H,22,23). The third-order valence-electron chi connectivity index (χ3n) is 3.88. The number of methoxy groups -OCH3 is 1. The smallest absolute Gasteiger partial charge is 0.339 e. The zero-order valence-corrected chi connectivity index (χ0v) is 17.4. The number of hydrogen-bond acceptors (Lipinski definition) is 2. The SMILES string of the molecule is COc1c(C(=O)O)cc(I)c(-c2cc(C)cc3ccccc23)c1I. The molecule has 0 aliphatic heterocycles. The summed E-state index contributed by atoms with van der Waals surface area (Å²) in [5.41, 5.74) is 3.45. The Morgan fingerprint density at radius 1 is 1.12 bits per heavy atom. The van der Waals surface area contributed by atoms with Gasteiger partial charge in [-0.25, -0.2) is 4.79 Å². The molecule has 24 heavy (non-hydrogen) atoms. The van der Waals surface area contributed by atoms with Gasteiger partial charge in [-0.2, -0.15) is 0 Å². The van der Waals surface area contributed by atoms with Crippen molar-refractivity contribution in [3.05, 3.63) is 60.7 Å². The summed E-state index contributed by atoms with van der Waals surface area (Å²) >= 11 is 4.38. The Labute approximate surface area is 167 Å². The molecule has 5 heteroatoms. The summed E-state index contributed by atoms with van der Waals surface area (Å²) in [6.07, 6.45) is 0. The van der Waals surface area contributed by atoms with Crippen LogP contribution in [0.15, 0.2) is 42.5 Å². The van der Waals surface area contributed by atoms with Crippen molar-refractivity contribution in [2.45, 2.75) is 6.92 Å². The first-order chi connectivity index (χ1) is 11.4. The van der Waals surface area contributed by atoms with Crippen molar-refractivity contribution < 1.29 is 14.6 Å². The Kier molecular flexibility index (Phi) is 5.00. The highest BCUT2D eigenvalue weighted by atomic mass is 127. The van der Waals surface area contributed by atoms with E-state index in [4.69, 9.17) is 4.74 Å². The van der Waals surface area contributed by atoms with Crippen LogP contribution >= 0.6 is 45.2 Å². The molecule has 0 unspecified atom stereocenters. The number of aromatic carboxylic acids is 1. The summed E-state index contributed by atoms with van der Waals surface area (Å²) in [7, 11) is 1.51. The zero-order valence-electron chi connectivity index (χ0n) is 13.1. The van der Waals surface area contributed by atoms with Crippen LogP contribution in [0.2, 0.25) is 0 Å². The Hall–Kier alpha value is -1.35. The molecule has 0 bridgehead atoms. The largest absolute Gasteiger partial charge is 0.495 e. The Morgan fingerprint density at radius 2 is 1.83 bits per heavy atom. The molecule has 0 spiro atoms. The summed E-state index contributed by atoms with van der Waals surface area (Å²) in [5.74, 6) is -0.576. The van der Waals surface area contributed by atoms with E-state index in [1.165, 1.54) is 12.5 Å². The number of fused-ring (bicyclic) bond motifs is 1. The van der Waals surface area contributed by atoms with Crippen LogP contribution in [0.25, 0.3) is 21.9 Å². The number of carboxylic acids is 1. The fourth-order valence-electron chi connectivity index (χ4n) is 2.87. The predicted octanol–water partition coefficient (Wildman–Crippen LogP) is 5.73. The summed E-state index contributed by atoms with van der Waals surface area (Å²) < 4.78 is 7.11. The van der Waals surface area contributed by atoms with Crippen molar-refractivity contribution in [1.29, 1.82) is 0 Å². The molecule has 0 aliphatic carbocycles. The van der Waals surface area contributed by atoms with Gasteiger partial charge < -0.3 is 9.84 Å². The number of hydrogen-bond donors (Lipinski definition) is 1. The minimum Gasteiger partial charge on any atom is -0.495 e. The molecule has 0 aromatic heterocycles. The molecule has 122 valence electrons. The second-order valence-electron chi connectivity index (χ2n) is 5.47. The zero-order chi connectivity index (χ0) is 17.4. The maximum absolute atomic E-state index is 11.5. The number of halogens is 2. The molecule has 0 saturated heterocycles. The molecule has 3 aromatic rings. The summed E-state index contributed by atoms with van der Waals surface area (Å²) in [4.78, 5) is 11.5. The fraction of sp³-hybridized carbons (Fsp3) is 0.105. The van der Waals surface area contributed by atoms with Crippen LogP contribution in [0.3, 0.4) is 0 Å². The number of carboxylic acid groups (broad SMARTS) is 1. The van der Waals surface area contributed by atoms with Gasteiger partial charge in [-0.3, -0.25) is 0 Å². The van der Waals surface area contributed by atoms with E-state index in [1.807, 2.05) is 12.1 Å². The van der Waals surface area contributed by atoms with E-state index in [0.29, 0.717) is 5.75 Å². The number of aryl methyl sites for hydroxylation is 1. The van der Waals surface area contributed by atoms with E-state index in [0.717, 1.165) is 29.2 Å². The van der Waals surface area contributed by atoms with Crippen LogP contribution in [0, 0.1) is 14.1 Å². The second-order valence-corrected chi connectivity index (χ2v) is 7.71. The van der Waals surface area contributed by atoms with Crippen LogP contribution in [-0.2, 0) is 0 Å². The third-order valence-corrected chi connectivity index (χ3v) is 5.76. The Balaban J connectivity index is 2.41. The molecule has 0 heterocycles. The van der Waals surface area contributed by atoms with Gasteiger partial charge >= 0.3 is 5.97 Å². The highest BCUT2D eigenvalue weighted by Crippen LogP contribution is 2.41. The highest BCUT2D eigenvalue weighted by molar-refractivity contribution is 14.1.